The van der Waals surface area contributed by atoms with Gasteiger partial charge in [0.1, 0.15) is 11.9 Å². The predicted molar refractivity (Wildman–Crippen MR) is 75.8 cm³/mol. The average Bonchev–Trinajstić information content (AvgIpc) is 3.15. The van der Waals surface area contributed by atoms with E-state index in [2.05, 4.69) is 28.5 Å². The molecular formula is C13H21N5S. The van der Waals surface area contributed by atoms with Crippen LogP contribution < -0.4 is 5.32 Å². The minimum atomic E-state index is -0.332. The highest BCUT2D eigenvalue weighted by Crippen LogP contribution is 2.27. The van der Waals surface area contributed by atoms with Crippen molar-refractivity contribution in [2.75, 3.05) is 5.75 Å². The van der Waals surface area contributed by atoms with Crippen LogP contribution in [0.1, 0.15) is 39.0 Å². The Morgan fingerprint density at radius 3 is 2.95 bits per heavy atom. The molecule has 0 saturated heterocycles. The van der Waals surface area contributed by atoms with Crippen molar-refractivity contribution in [1.29, 1.82) is 5.26 Å². The summed E-state index contributed by atoms with van der Waals surface area (Å²) in [4.78, 5) is 0. The van der Waals surface area contributed by atoms with Crippen LogP contribution >= 0.6 is 11.8 Å². The third-order valence-corrected chi connectivity index (χ3v) is 4.64. The molecule has 1 N–H and O–H groups in total. The molecular weight excluding hydrogens is 258 g/mol. The molecule has 5 nitrogen and oxygen atoms in total. The van der Waals surface area contributed by atoms with Gasteiger partial charge in [0.2, 0.25) is 0 Å². The van der Waals surface area contributed by atoms with Gasteiger partial charge in [-0.05, 0) is 32.1 Å². The number of aromatic nitrogens is 3. The Labute approximate surface area is 118 Å². The highest BCUT2D eigenvalue weighted by Gasteiger charge is 2.34. The average molecular weight is 279 g/mol. The summed E-state index contributed by atoms with van der Waals surface area (Å²) < 4.78 is 1.92. The Morgan fingerprint density at radius 1 is 1.63 bits per heavy atom. The fourth-order valence-corrected chi connectivity index (χ4v) is 2.90. The van der Waals surface area contributed by atoms with Crippen molar-refractivity contribution in [2.45, 2.75) is 55.8 Å². The van der Waals surface area contributed by atoms with Crippen molar-refractivity contribution < 1.29 is 0 Å². The lowest BCUT2D eigenvalue weighted by Gasteiger charge is -2.26. The van der Waals surface area contributed by atoms with Gasteiger partial charge in [0.05, 0.1) is 6.07 Å². The van der Waals surface area contributed by atoms with E-state index < -0.39 is 0 Å². The third kappa shape index (κ3) is 3.95. The van der Waals surface area contributed by atoms with Crippen molar-refractivity contribution in [2.24, 2.45) is 7.05 Å². The van der Waals surface area contributed by atoms with Gasteiger partial charge in [-0.3, -0.25) is 5.32 Å². The van der Waals surface area contributed by atoms with Crippen molar-refractivity contribution in [3.05, 3.63) is 6.33 Å². The van der Waals surface area contributed by atoms with E-state index in [1.165, 1.54) is 12.8 Å². The lowest BCUT2D eigenvalue weighted by atomic mass is 9.92. The van der Waals surface area contributed by atoms with Gasteiger partial charge in [-0.25, -0.2) is 0 Å². The molecule has 1 heterocycles. The normalized spacial score (nSPS) is 17.9. The highest BCUT2D eigenvalue weighted by atomic mass is 32.2. The van der Waals surface area contributed by atoms with E-state index in [1.54, 1.807) is 18.1 Å². The van der Waals surface area contributed by atoms with Crippen molar-refractivity contribution >= 4 is 11.8 Å². The second-order valence-electron chi connectivity index (χ2n) is 5.14. The zero-order valence-corrected chi connectivity index (χ0v) is 12.4. The van der Waals surface area contributed by atoms with Crippen LogP contribution in [-0.4, -0.2) is 32.1 Å². The smallest absolute Gasteiger partial charge is 0.190 e. The molecule has 1 atom stereocenters. The van der Waals surface area contributed by atoms with E-state index in [9.17, 15) is 5.26 Å². The molecule has 1 saturated carbocycles. The van der Waals surface area contributed by atoms with Crippen LogP contribution in [-0.2, 0) is 7.05 Å². The molecule has 0 radical (unpaired) electrons. The Bertz CT molecular complexity index is 448. The summed E-state index contributed by atoms with van der Waals surface area (Å²) in [5.74, 6) is 0.975. The van der Waals surface area contributed by atoms with E-state index in [0.29, 0.717) is 6.04 Å². The van der Waals surface area contributed by atoms with Gasteiger partial charge in [0.25, 0.3) is 0 Å². The first-order valence-corrected chi connectivity index (χ1v) is 7.83. The van der Waals surface area contributed by atoms with Gasteiger partial charge in [-0.2, -0.15) is 5.26 Å². The van der Waals surface area contributed by atoms with Gasteiger partial charge in [0, 0.05) is 18.8 Å². The molecule has 0 aromatic carbocycles. The molecule has 0 spiro atoms. The summed E-state index contributed by atoms with van der Waals surface area (Å²) in [5.41, 5.74) is -0.332. The number of hydrogen-bond acceptors (Lipinski definition) is 5. The molecule has 1 aliphatic carbocycles. The molecule has 104 valence electrons. The Hall–Kier alpha value is -1.06. The standard InChI is InChI=1S/C13H21N5S/c1-3-13(9-14,16-11-5-6-11)7-4-8-19-12-17-15-10-18(12)2/h10-11,16H,3-8H2,1-2H3. The van der Waals surface area contributed by atoms with E-state index in [4.69, 9.17) is 0 Å². The summed E-state index contributed by atoms with van der Waals surface area (Å²) in [5, 5.41) is 21.8. The minimum Gasteiger partial charge on any atom is -0.312 e. The van der Waals surface area contributed by atoms with Gasteiger partial charge < -0.3 is 4.57 Å². The Kier molecular flexibility index (Phi) is 4.83. The third-order valence-electron chi connectivity index (χ3n) is 3.52. The molecule has 1 aliphatic rings. The Morgan fingerprint density at radius 2 is 2.42 bits per heavy atom. The topological polar surface area (TPSA) is 66.5 Å². The summed E-state index contributed by atoms with van der Waals surface area (Å²) >= 11 is 1.70. The molecule has 1 aromatic heterocycles. The first-order valence-electron chi connectivity index (χ1n) is 6.85. The first-order chi connectivity index (χ1) is 9.19. The summed E-state index contributed by atoms with van der Waals surface area (Å²) in [6, 6.07) is 3.06. The molecule has 1 aromatic rings. The van der Waals surface area contributed by atoms with Gasteiger partial charge in [-0.15, -0.1) is 10.2 Å². The number of nitriles is 1. The SMILES string of the molecule is CCC(C#N)(CCCSc1nncn1C)NC1CC1. The van der Waals surface area contributed by atoms with Gasteiger partial charge >= 0.3 is 0 Å². The second-order valence-corrected chi connectivity index (χ2v) is 6.20. The fraction of sp³-hybridized carbons (Fsp3) is 0.769. The van der Waals surface area contributed by atoms with E-state index in [-0.39, 0.29) is 5.54 Å². The summed E-state index contributed by atoms with van der Waals surface area (Å²) in [7, 11) is 1.95. The lowest BCUT2D eigenvalue weighted by Crippen LogP contribution is -2.44. The molecule has 0 bridgehead atoms. The number of hydrogen-bond donors (Lipinski definition) is 1. The van der Waals surface area contributed by atoms with Crippen molar-refractivity contribution in [3.63, 3.8) is 0 Å². The van der Waals surface area contributed by atoms with Crippen molar-refractivity contribution in [3.8, 4) is 6.07 Å². The van der Waals surface area contributed by atoms with Crippen LogP contribution in [0.3, 0.4) is 0 Å². The van der Waals surface area contributed by atoms with Gasteiger partial charge in [0.15, 0.2) is 5.16 Å². The summed E-state index contributed by atoms with van der Waals surface area (Å²) in [6.45, 7) is 2.09. The first kappa shape index (κ1) is 14.4. The number of nitrogens with zero attached hydrogens (tertiary/aromatic N) is 4. The molecule has 2 rings (SSSR count). The van der Waals surface area contributed by atoms with Crippen LogP contribution in [0.4, 0.5) is 0 Å². The van der Waals surface area contributed by atoms with Gasteiger partial charge in [-0.1, -0.05) is 18.7 Å². The van der Waals surface area contributed by atoms with E-state index in [0.717, 1.165) is 30.2 Å². The Balaban J connectivity index is 1.76. The molecule has 6 heteroatoms. The van der Waals surface area contributed by atoms with Crippen LogP contribution in [0.15, 0.2) is 11.5 Å². The van der Waals surface area contributed by atoms with Crippen molar-refractivity contribution in [1.82, 2.24) is 20.1 Å². The maximum absolute atomic E-state index is 9.43. The molecule has 1 fully saturated rings. The second kappa shape index (κ2) is 6.40. The molecule has 0 aliphatic heterocycles. The quantitative estimate of drug-likeness (QED) is 0.583. The predicted octanol–water partition coefficient (Wildman–Crippen LogP) is 2.11. The largest absolute Gasteiger partial charge is 0.312 e. The lowest BCUT2D eigenvalue weighted by molar-refractivity contribution is 0.367. The highest BCUT2D eigenvalue weighted by molar-refractivity contribution is 7.99. The molecule has 1 unspecified atom stereocenters. The number of thioether (sulfide) groups is 1. The van der Waals surface area contributed by atoms with E-state index in [1.807, 2.05) is 11.6 Å². The monoisotopic (exact) mass is 279 g/mol. The van der Waals surface area contributed by atoms with Crippen LogP contribution in [0.5, 0.6) is 0 Å². The fourth-order valence-electron chi connectivity index (χ4n) is 2.08. The maximum Gasteiger partial charge on any atom is 0.190 e. The summed E-state index contributed by atoms with van der Waals surface area (Å²) in [6.07, 6.45) is 6.94. The maximum atomic E-state index is 9.43. The number of rotatable bonds is 8. The minimum absolute atomic E-state index is 0.332. The van der Waals surface area contributed by atoms with Crippen LogP contribution in [0.2, 0.25) is 0 Å². The number of nitrogens with one attached hydrogen (secondary N) is 1. The van der Waals surface area contributed by atoms with Crippen LogP contribution in [0.25, 0.3) is 0 Å². The molecule has 0 amide bonds. The van der Waals surface area contributed by atoms with Crippen LogP contribution in [0, 0.1) is 11.3 Å². The van der Waals surface area contributed by atoms with E-state index >= 15 is 0 Å². The molecule has 19 heavy (non-hydrogen) atoms. The zero-order chi connectivity index (χ0) is 13.7. The number of aryl methyl sites for hydroxylation is 1. The zero-order valence-electron chi connectivity index (χ0n) is 11.6.